The highest BCUT2D eigenvalue weighted by molar-refractivity contribution is 5.30. The van der Waals surface area contributed by atoms with E-state index in [-0.39, 0.29) is 0 Å². The minimum atomic E-state index is 0.823. The summed E-state index contributed by atoms with van der Waals surface area (Å²) >= 11 is 0. The molecule has 1 aromatic heterocycles. The maximum Gasteiger partial charge on any atom is 0.0223 e. The maximum atomic E-state index is 3.66. The molecule has 0 saturated heterocycles. The molecule has 2 aliphatic rings. The zero-order valence-corrected chi connectivity index (χ0v) is 9.31. The average molecular weight is 204 g/mol. The first-order chi connectivity index (χ1) is 7.43. The number of nitrogens with one attached hydrogen (secondary N) is 2. The lowest BCUT2D eigenvalue weighted by Gasteiger charge is -2.20. The summed E-state index contributed by atoms with van der Waals surface area (Å²) in [5.41, 5.74) is 4.53. The van der Waals surface area contributed by atoms with Crippen LogP contribution in [-0.4, -0.2) is 11.5 Å². The minimum absolute atomic E-state index is 0.823. The fraction of sp³-hybridized carbons (Fsp3) is 0.692. The zero-order chi connectivity index (χ0) is 10.1. The molecule has 0 amide bonds. The summed E-state index contributed by atoms with van der Waals surface area (Å²) in [5.74, 6) is 0.823. The fourth-order valence-electron chi connectivity index (χ4n) is 3.02. The van der Waals surface area contributed by atoms with Crippen molar-refractivity contribution in [2.45, 2.75) is 51.0 Å². The first-order valence-corrected chi connectivity index (χ1v) is 6.35. The molecule has 0 atom stereocenters. The number of rotatable bonds is 1. The van der Waals surface area contributed by atoms with Gasteiger partial charge in [0.25, 0.3) is 0 Å². The van der Waals surface area contributed by atoms with Gasteiger partial charge in [0.2, 0.25) is 0 Å². The molecule has 2 heterocycles. The van der Waals surface area contributed by atoms with Crippen molar-refractivity contribution in [2.24, 2.45) is 0 Å². The Hall–Kier alpha value is -0.760. The van der Waals surface area contributed by atoms with E-state index in [1.807, 2.05) is 0 Å². The Morgan fingerprint density at radius 2 is 2.00 bits per heavy atom. The molecule has 1 fully saturated rings. The summed E-state index contributed by atoms with van der Waals surface area (Å²) < 4.78 is 0. The smallest absolute Gasteiger partial charge is 0.0223 e. The van der Waals surface area contributed by atoms with E-state index in [1.165, 1.54) is 55.5 Å². The molecule has 1 aliphatic heterocycles. The van der Waals surface area contributed by atoms with Gasteiger partial charge in [-0.3, -0.25) is 0 Å². The highest BCUT2D eigenvalue weighted by Crippen LogP contribution is 2.33. The third-order valence-corrected chi connectivity index (χ3v) is 3.92. The predicted molar refractivity (Wildman–Crippen MR) is 62.0 cm³/mol. The fourth-order valence-corrected chi connectivity index (χ4v) is 3.02. The molecule has 82 valence electrons. The third-order valence-electron chi connectivity index (χ3n) is 3.92. The number of hydrogen-bond donors (Lipinski definition) is 2. The maximum absolute atomic E-state index is 3.66. The number of aromatic amines is 1. The Labute approximate surface area is 91.5 Å². The van der Waals surface area contributed by atoms with E-state index in [2.05, 4.69) is 16.4 Å². The minimum Gasteiger partial charge on any atom is -0.362 e. The monoisotopic (exact) mass is 204 g/mol. The van der Waals surface area contributed by atoms with Crippen LogP contribution in [0.1, 0.15) is 55.0 Å². The van der Waals surface area contributed by atoms with E-state index >= 15 is 0 Å². The average Bonchev–Trinajstić information content (AvgIpc) is 2.74. The van der Waals surface area contributed by atoms with Gasteiger partial charge in [-0.2, -0.15) is 0 Å². The van der Waals surface area contributed by atoms with Gasteiger partial charge in [-0.15, -0.1) is 0 Å². The summed E-state index contributed by atoms with van der Waals surface area (Å²) in [6.07, 6.45) is 8.26. The van der Waals surface area contributed by atoms with Gasteiger partial charge < -0.3 is 10.3 Å². The molecule has 0 unspecified atom stereocenters. The second kappa shape index (κ2) is 4.01. The van der Waals surface area contributed by atoms with Crippen LogP contribution in [-0.2, 0) is 13.0 Å². The number of hydrogen-bond acceptors (Lipinski definition) is 1. The van der Waals surface area contributed by atoms with Gasteiger partial charge in [-0.1, -0.05) is 19.3 Å². The van der Waals surface area contributed by atoms with Crippen molar-refractivity contribution in [1.29, 1.82) is 0 Å². The zero-order valence-electron chi connectivity index (χ0n) is 9.31. The molecule has 0 radical (unpaired) electrons. The molecule has 1 aromatic rings. The number of fused-ring (bicyclic) bond motifs is 1. The van der Waals surface area contributed by atoms with Crippen molar-refractivity contribution >= 4 is 0 Å². The van der Waals surface area contributed by atoms with E-state index in [0.717, 1.165) is 19.0 Å². The third kappa shape index (κ3) is 1.83. The van der Waals surface area contributed by atoms with Gasteiger partial charge in [0, 0.05) is 30.9 Å². The van der Waals surface area contributed by atoms with Crippen molar-refractivity contribution < 1.29 is 0 Å². The first-order valence-electron chi connectivity index (χ1n) is 6.35. The van der Waals surface area contributed by atoms with Crippen LogP contribution >= 0.6 is 0 Å². The van der Waals surface area contributed by atoms with E-state index in [4.69, 9.17) is 0 Å². The van der Waals surface area contributed by atoms with Crippen LogP contribution in [0, 0.1) is 0 Å². The van der Waals surface area contributed by atoms with Crippen molar-refractivity contribution in [2.75, 3.05) is 6.54 Å². The number of H-pyrrole nitrogens is 1. The quantitative estimate of drug-likeness (QED) is 0.723. The molecule has 0 spiro atoms. The standard InChI is InChI=1S/C13H20N2/c1-2-4-10(5-3-1)13-8-11-9-14-7-6-12(11)15-13/h8,10,14-15H,1-7,9H2. The molecule has 0 bridgehead atoms. The second-order valence-electron chi connectivity index (χ2n) is 4.99. The summed E-state index contributed by atoms with van der Waals surface area (Å²) in [6.45, 7) is 2.20. The Bertz CT molecular complexity index is 311. The lowest BCUT2D eigenvalue weighted by molar-refractivity contribution is 0.437. The highest BCUT2D eigenvalue weighted by atomic mass is 14.9. The lowest BCUT2D eigenvalue weighted by Crippen LogP contribution is -2.22. The van der Waals surface area contributed by atoms with E-state index < -0.39 is 0 Å². The normalized spacial score (nSPS) is 22.7. The van der Waals surface area contributed by atoms with Gasteiger partial charge in [-0.25, -0.2) is 0 Å². The Morgan fingerprint density at radius 3 is 2.80 bits per heavy atom. The molecule has 0 aromatic carbocycles. The van der Waals surface area contributed by atoms with Crippen LogP contribution in [0.4, 0.5) is 0 Å². The Kier molecular flexibility index (Phi) is 2.53. The summed E-state index contributed by atoms with van der Waals surface area (Å²) in [5, 5.41) is 3.44. The van der Waals surface area contributed by atoms with Crippen molar-refractivity contribution in [3.63, 3.8) is 0 Å². The van der Waals surface area contributed by atoms with Gasteiger partial charge in [0.05, 0.1) is 0 Å². The molecular weight excluding hydrogens is 184 g/mol. The van der Waals surface area contributed by atoms with Crippen LogP contribution in [0.5, 0.6) is 0 Å². The molecule has 1 aliphatic carbocycles. The second-order valence-corrected chi connectivity index (χ2v) is 4.99. The van der Waals surface area contributed by atoms with Gasteiger partial charge in [0.15, 0.2) is 0 Å². The Balaban J connectivity index is 1.82. The van der Waals surface area contributed by atoms with Crippen LogP contribution in [0.15, 0.2) is 6.07 Å². The van der Waals surface area contributed by atoms with Crippen molar-refractivity contribution in [3.8, 4) is 0 Å². The molecule has 2 nitrogen and oxygen atoms in total. The summed E-state index contributed by atoms with van der Waals surface area (Å²) in [4.78, 5) is 3.66. The SMILES string of the molecule is c1c(C2CCCCC2)[nH]c2c1CNCC2. The van der Waals surface area contributed by atoms with Gasteiger partial charge in [0.1, 0.15) is 0 Å². The van der Waals surface area contributed by atoms with Crippen molar-refractivity contribution in [3.05, 3.63) is 23.0 Å². The van der Waals surface area contributed by atoms with Gasteiger partial charge in [-0.05, 0) is 30.4 Å². The van der Waals surface area contributed by atoms with E-state index in [9.17, 15) is 0 Å². The van der Waals surface area contributed by atoms with Crippen LogP contribution < -0.4 is 5.32 Å². The topological polar surface area (TPSA) is 27.8 Å². The molecule has 15 heavy (non-hydrogen) atoms. The molecule has 1 saturated carbocycles. The Morgan fingerprint density at radius 1 is 1.13 bits per heavy atom. The van der Waals surface area contributed by atoms with Gasteiger partial charge >= 0.3 is 0 Å². The van der Waals surface area contributed by atoms with Crippen LogP contribution in [0.3, 0.4) is 0 Å². The largest absolute Gasteiger partial charge is 0.362 e. The van der Waals surface area contributed by atoms with E-state index in [0.29, 0.717) is 0 Å². The molecular formula is C13H20N2. The molecule has 2 N–H and O–H groups in total. The van der Waals surface area contributed by atoms with E-state index in [1.54, 1.807) is 0 Å². The summed E-state index contributed by atoms with van der Waals surface area (Å²) in [6, 6.07) is 2.41. The summed E-state index contributed by atoms with van der Waals surface area (Å²) in [7, 11) is 0. The molecule has 2 heteroatoms. The number of aromatic nitrogens is 1. The van der Waals surface area contributed by atoms with Crippen molar-refractivity contribution in [1.82, 2.24) is 10.3 Å². The predicted octanol–water partition coefficient (Wildman–Crippen LogP) is 2.71. The van der Waals surface area contributed by atoms with Crippen LogP contribution in [0.25, 0.3) is 0 Å². The lowest BCUT2D eigenvalue weighted by atomic mass is 9.87. The van der Waals surface area contributed by atoms with Crippen LogP contribution in [0.2, 0.25) is 0 Å². The highest BCUT2D eigenvalue weighted by Gasteiger charge is 2.20. The first kappa shape index (κ1) is 9.46. The molecule has 3 rings (SSSR count).